The normalized spacial score (nSPS) is 20.4. The van der Waals surface area contributed by atoms with E-state index in [1.54, 1.807) is 0 Å². The minimum atomic E-state index is -0.261. The molecule has 2 aromatic heterocycles. The van der Waals surface area contributed by atoms with Crippen molar-refractivity contribution in [3.8, 4) is 34.4 Å². The van der Waals surface area contributed by atoms with E-state index in [0.717, 1.165) is 147 Å². The molecule has 0 bridgehead atoms. The molecule has 0 spiro atoms. The first-order valence-electron chi connectivity index (χ1n) is 23.6. The molecule has 4 aromatic carbocycles. The zero-order valence-corrected chi connectivity index (χ0v) is 36.7. The third kappa shape index (κ3) is 8.93. The third-order valence-electron chi connectivity index (χ3n) is 13.8. The summed E-state index contributed by atoms with van der Waals surface area (Å²) in [5.41, 5.74) is 7.93. The molecule has 4 saturated heterocycles. The molecular formula is C54H58N8O2. The van der Waals surface area contributed by atoms with Gasteiger partial charge in [0.2, 0.25) is 11.8 Å². The summed E-state index contributed by atoms with van der Waals surface area (Å²) in [6, 6.07) is 36.4. The second-order valence-corrected chi connectivity index (χ2v) is 18.0. The van der Waals surface area contributed by atoms with E-state index < -0.39 is 0 Å². The summed E-state index contributed by atoms with van der Waals surface area (Å²) in [5.74, 6) is 8.73. The molecule has 10 nitrogen and oxygen atoms in total. The molecule has 2 N–H and O–H groups in total. The Morgan fingerprint density at radius 3 is 1.27 bits per heavy atom. The highest BCUT2D eigenvalue weighted by Crippen LogP contribution is 2.38. The largest absolute Gasteiger partial charge is 0.340 e. The molecule has 64 heavy (non-hydrogen) atoms. The minimum absolute atomic E-state index is 0.0695. The molecule has 4 fully saturated rings. The van der Waals surface area contributed by atoms with E-state index in [2.05, 4.69) is 89.9 Å². The summed E-state index contributed by atoms with van der Waals surface area (Å²) < 4.78 is 0. The molecule has 4 atom stereocenters. The molecule has 0 unspecified atom stereocenters. The summed E-state index contributed by atoms with van der Waals surface area (Å²) in [7, 11) is 0. The van der Waals surface area contributed by atoms with Crippen LogP contribution in [0.2, 0.25) is 0 Å². The number of likely N-dealkylation sites (tertiary alicyclic amines) is 4. The van der Waals surface area contributed by atoms with Gasteiger partial charge in [-0.3, -0.25) is 19.4 Å². The predicted octanol–water partition coefficient (Wildman–Crippen LogP) is 9.65. The molecule has 6 heterocycles. The number of nitrogens with zero attached hydrogens (tertiary/aromatic N) is 6. The first-order valence-corrected chi connectivity index (χ1v) is 23.6. The summed E-state index contributed by atoms with van der Waals surface area (Å²) in [6.45, 7) is 5.30. The minimum Gasteiger partial charge on any atom is -0.340 e. The van der Waals surface area contributed by atoms with Crippen molar-refractivity contribution in [2.45, 2.75) is 88.4 Å². The van der Waals surface area contributed by atoms with Crippen LogP contribution in [0.25, 0.3) is 22.5 Å². The fourth-order valence-electron chi connectivity index (χ4n) is 10.5. The van der Waals surface area contributed by atoms with Crippen LogP contribution in [0.4, 0.5) is 0 Å². The van der Waals surface area contributed by atoms with Crippen molar-refractivity contribution in [1.29, 1.82) is 0 Å². The Hall–Kier alpha value is -6.28. The van der Waals surface area contributed by atoms with Gasteiger partial charge in [0, 0.05) is 24.2 Å². The maximum atomic E-state index is 14.4. The summed E-state index contributed by atoms with van der Waals surface area (Å²) in [6.07, 6.45) is 14.5. The van der Waals surface area contributed by atoms with Crippen molar-refractivity contribution < 1.29 is 9.59 Å². The van der Waals surface area contributed by atoms with E-state index >= 15 is 0 Å². The fourth-order valence-corrected chi connectivity index (χ4v) is 10.5. The van der Waals surface area contributed by atoms with Gasteiger partial charge in [-0.2, -0.15) is 0 Å². The first-order chi connectivity index (χ1) is 31.6. The monoisotopic (exact) mass is 850 g/mol. The molecule has 10 rings (SSSR count). The number of H-pyrrole nitrogens is 2. The van der Waals surface area contributed by atoms with Crippen molar-refractivity contribution in [2.24, 2.45) is 0 Å². The van der Waals surface area contributed by atoms with Crippen LogP contribution in [-0.2, 0) is 9.59 Å². The average molecular weight is 851 g/mol. The zero-order chi connectivity index (χ0) is 43.2. The number of carbonyl (C=O) groups excluding carboxylic acids is 2. The van der Waals surface area contributed by atoms with Crippen LogP contribution in [0.1, 0.15) is 122 Å². The van der Waals surface area contributed by atoms with Gasteiger partial charge in [-0.15, -0.1) is 0 Å². The number of benzene rings is 4. The second kappa shape index (κ2) is 19.2. The fraction of sp³-hybridized carbons (Fsp3) is 0.370. The Morgan fingerprint density at radius 2 is 0.875 bits per heavy atom. The molecule has 2 amide bonds. The van der Waals surface area contributed by atoms with Gasteiger partial charge in [0.05, 0.1) is 35.9 Å². The molecule has 4 aliphatic heterocycles. The van der Waals surface area contributed by atoms with Crippen molar-refractivity contribution in [2.75, 3.05) is 39.3 Å². The lowest BCUT2D eigenvalue weighted by molar-refractivity contribution is -0.139. The standard InChI is InChI=1S/C54H58N8O2/c63-53(49(43-15-5-1-6-16-43)59-31-9-3-10-32-59)61-35-13-19-47(61)51-55-37-45(57-51)41-27-23-39(24-28-41)21-22-40-25-29-42(30-26-40)46-38-56-52(58-46)48-20-14-36-62(48)54(64)50(44-17-7-2-8-18-44)60-33-11-4-12-34-60/h1-2,5-8,15-18,23-30,37-38,47-50H,3-4,9-14,19-20,31-36H2,(H,55,57)(H,56,58)/t47-,48-,49+,50+/m0/s1. The number of imidazole rings is 2. The van der Waals surface area contributed by atoms with Gasteiger partial charge in [0.15, 0.2) is 0 Å². The van der Waals surface area contributed by atoms with Crippen LogP contribution in [0, 0.1) is 11.8 Å². The number of hydrogen-bond donors (Lipinski definition) is 2. The Morgan fingerprint density at radius 1 is 0.484 bits per heavy atom. The maximum absolute atomic E-state index is 14.4. The second-order valence-electron chi connectivity index (χ2n) is 18.0. The molecule has 0 aliphatic carbocycles. The molecule has 0 radical (unpaired) electrons. The average Bonchev–Trinajstić information content (AvgIpc) is 4.21. The molecule has 0 saturated carbocycles. The number of rotatable bonds is 10. The van der Waals surface area contributed by atoms with Gasteiger partial charge in [-0.05, 0) is 124 Å². The van der Waals surface area contributed by atoms with E-state index in [1.165, 1.54) is 12.8 Å². The Balaban J connectivity index is 0.780. The molecule has 326 valence electrons. The van der Waals surface area contributed by atoms with E-state index in [0.29, 0.717) is 0 Å². The highest BCUT2D eigenvalue weighted by atomic mass is 16.2. The van der Waals surface area contributed by atoms with Gasteiger partial charge in [0.25, 0.3) is 0 Å². The maximum Gasteiger partial charge on any atom is 0.245 e. The van der Waals surface area contributed by atoms with Gasteiger partial charge in [-0.25, -0.2) is 9.97 Å². The van der Waals surface area contributed by atoms with Crippen LogP contribution in [-0.4, -0.2) is 90.6 Å². The number of hydrogen-bond acceptors (Lipinski definition) is 6. The van der Waals surface area contributed by atoms with Crippen LogP contribution >= 0.6 is 0 Å². The van der Waals surface area contributed by atoms with E-state index in [4.69, 9.17) is 9.97 Å². The molecular weight excluding hydrogens is 793 g/mol. The van der Waals surface area contributed by atoms with Crippen LogP contribution in [0.5, 0.6) is 0 Å². The van der Waals surface area contributed by atoms with Gasteiger partial charge in [0.1, 0.15) is 23.7 Å². The number of aromatic amines is 2. The zero-order valence-electron chi connectivity index (χ0n) is 36.7. The lowest BCUT2D eigenvalue weighted by atomic mass is 10.00. The van der Waals surface area contributed by atoms with Crippen molar-refractivity contribution >= 4 is 11.8 Å². The smallest absolute Gasteiger partial charge is 0.245 e. The number of nitrogens with one attached hydrogen (secondary N) is 2. The summed E-state index contributed by atoms with van der Waals surface area (Å²) >= 11 is 0. The van der Waals surface area contributed by atoms with Crippen LogP contribution < -0.4 is 0 Å². The molecule has 10 heteroatoms. The number of aromatic nitrogens is 4. The number of carbonyl (C=O) groups is 2. The summed E-state index contributed by atoms with van der Waals surface area (Å²) in [4.78, 5) is 54.4. The Bertz CT molecular complexity index is 2390. The highest BCUT2D eigenvalue weighted by Gasteiger charge is 2.40. The Labute approximate surface area is 377 Å². The molecule has 4 aliphatic rings. The quantitative estimate of drug-likeness (QED) is 0.133. The summed E-state index contributed by atoms with van der Waals surface area (Å²) in [5, 5.41) is 0. The van der Waals surface area contributed by atoms with Gasteiger partial charge < -0.3 is 19.8 Å². The van der Waals surface area contributed by atoms with Crippen molar-refractivity contribution in [1.82, 2.24) is 39.5 Å². The van der Waals surface area contributed by atoms with E-state index in [1.807, 2.05) is 73.1 Å². The lowest BCUT2D eigenvalue weighted by Crippen LogP contribution is -2.44. The van der Waals surface area contributed by atoms with Crippen molar-refractivity contribution in [3.05, 3.63) is 155 Å². The topological polar surface area (TPSA) is 104 Å². The Kier molecular flexibility index (Phi) is 12.5. The SMILES string of the molecule is O=C([C@@H](c1ccccc1)N1CCCCC1)N1CCC[C@H]1c1ncc(-c2ccc(C#Cc3ccc(-c4cnc([C@@H]5CCCN5C(=O)[C@@H](c5ccccc5)N5CCCCC5)[nH]4)cc3)cc2)[nH]1. The predicted molar refractivity (Wildman–Crippen MR) is 251 cm³/mol. The lowest BCUT2D eigenvalue weighted by Gasteiger charge is -2.37. The van der Waals surface area contributed by atoms with Crippen molar-refractivity contribution in [3.63, 3.8) is 0 Å². The van der Waals surface area contributed by atoms with Crippen LogP contribution in [0.3, 0.4) is 0 Å². The van der Waals surface area contributed by atoms with E-state index in [-0.39, 0.29) is 36.0 Å². The van der Waals surface area contributed by atoms with Gasteiger partial charge in [-0.1, -0.05) is 110 Å². The third-order valence-corrected chi connectivity index (χ3v) is 13.8. The first kappa shape index (κ1) is 41.7. The molecule has 6 aromatic rings. The van der Waals surface area contributed by atoms with Crippen LogP contribution in [0.15, 0.2) is 122 Å². The number of piperidine rings is 2. The van der Waals surface area contributed by atoms with E-state index in [9.17, 15) is 9.59 Å². The van der Waals surface area contributed by atoms with Gasteiger partial charge >= 0.3 is 0 Å². The number of amides is 2. The highest BCUT2D eigenvalue weighted by molar-refractivity contribution is 5.85.